The monoisotopic (exact) mass is 186 g/mol. The third-order valence-corrected chi connectivity index (χ3v) is 2.29. The molecule has 1 unspecified atom stereocenters. The van der Waals surface area contributed by atoms with Crippen molar-refractivity contribution in [1.82, 2.24) is 4.90 Å². The van der Waals surface area contributed by atoms with Gasteiger partial charge in [-0.3, -0.25) is 0 Å². The number of urea groups is 1. The molecule has 0 aromatic rings. The van der Waals surface area contributed by atoms with E-state index in [1.165, 1.54) is 12.8 Å². The van der Waals surface area contributed by atoms with Crippen LogP contribution in [0.15, 0.2) is 0 Å². The number of hydrogen-bond acceptors (Lipinski definition) is 1. The number of amides is 2. The number of rotatable bonds is 2. The fourth-order valence-corrected chi connectivity index (χ4v) is 1.68. The Labute approximate surface area is 81.3 Å². The zero-order valence-electron chi connectivity index (χ0n) is 9.05. The van der Waals surface area contributed by atoms with E-state index in [0.717, 1.165) is 19.5 Å². The van der Waals surface area contributed by atoms with Crippen molar-refractivity contribution < 1.29 is 4.79 Å². The smallest absolute Gasteiger partial charge is 0.314 e. The molecule has 1 fully saturated rings. The number of carbonyl (C=O) groups is 1. The summed E-state index contributed by atoms with van der Waals surface area (Å²) in [7, 11) is 0. The van der Waals surface area contributed by atoms with E-state index in [-0.39, 0.29) is 6.03 Å². The predicted molar refractivity (Wildman–Crippen MR) is 55.5 cm³/mol. The Morgan fingerprint density at radius 1 is 1.54 bits per heavy atom. The average molecular weight is 186 g/mol. The normalized spacial score (nSPS) is 20.8. The molecule has 13 heavy (non-hydrogen) atoms. The standard InChI is InChI=1S/C8H16N2O.C2H6/c1-2-3-7-4-5-10(6-7)8(9)11;1-2/h7H,2-6H2,1H3,(H2,9,11);1-2H3. The summed E-state index contributed by atoms with van der Waals surface area (Å²) in [6, 6.07) is -0.261. The van der Waals surface area contributed by atoms with Gasteiger partial charge in [-0.2, -0.15) is 0 Å². The Bertz CT molecular complexity index is 148. The molecule has 1 aliphatic rings. The van der Waals surface area contributed by atoms with Gasteiger partial charge in [-0.1, -0.05) is 27.2 Å². The lowest BCUT2D eigenvalue weighted by Gasteiger charge is -2.12. The molecule has 1 rings (SSSR count). The Morgan fingerprint density at radius 2 is 2.15 bits per heavy atom. The van der Waals surface area contributed by atoms with Crippen LogP contribution in [-0.4, -0.2) is 24.0 Å². The van der Waals surface area contributed by atoms with Gasteiger partial charge >= 0.3 is 6.03 Å². The molecule has 0 aliphatic carbocycles. The summed E-state index contributed by atoms with van der Waals surface area (Å²) < 4.78 is 0. The van der Waals surface area contributed by atoms with Crippen molar-refractivity contribution >= 4 is 6.03 Å². The van der Waals surface area contributed by atoms with Crippen LogP contribution < -0.4 is 5.73 Å². The third-order valence-electron chi connectivity index (χ3n) is 2.29. The Kier molecular flexibility index (Phi) is 6.37. The number of carbonyl (C=O) groups excluding carboxylic acids is 1. The van der Waals surface area contributed by atoms with Crippen LogP contribution in [0.5, 0.6) is 0 Å². The number of nitrogens with two attached hydrogens (primary N) is 1. The van der Waals surface area contributed by atoms with E-state index in [2.05, 4.69) is 6.92 Å². The van der Waals surface area contributed by atoms with Crippen LogP contribution >= 0.6 is 0 Å². The fraction of sp³-hybridized carbons (Fsp3) is 0.900. The molecule has 3 nitrogen and oxygen atoms in total. The molecule has 1 aliphatic heterocycles. The van der Waals surface area contributed by atoms with Crippen molar-refractivity contribution in [3.63, 3.8) is 0 Å². The molecule has 78 valence electrons. The van der Waals surface area contributed by atoms with E-state index in [0.29, 0.717) is 5.92 Å². The van der Waals surface area contributed by atoms with E-state index < -0.39 is 0 Å². The summed E-state index contributed by atoms with van der Waals surface area (Å²) in [5, 5.41) is 0. The van der Waals surface area contributed by atoms with Crippen LogP contribution in [0.1, 0.15) is 40.0 Å². The average Bonchev–Trinajstić information content (AvgIpc) is 2.57. The number of likely N-dealkylation sites (tertiary alicyclic amines) is 1. The first-order valence-electron chi connectivity index (χ1n) is 5.28. The quantitative estimate of drug-likeness (QED) is 0.706. The summed E-state index contributed by atoms with van der Waals surface area (Å²) in [4.78, 5) is 12.4. The summed E-state index contributed by atoms with van der Waals surface area (Å²) in [6.07, 6.45) is 3.57. The number of hydrogen-bond donors (Lipinski definition) is 1. The molecule has 1 atom stereocenters. The van der Waals surface area contributed by atoms with Gasteiger partial charge in [0.05, 0.1) is 0 Å². The molecule has 1 saturated heterocycles. The van der Waals surface area contributed by atoms with Crippen molar-refractivity contribution in [3.05, 3.63) is 0 Å². The molecule has 0 bridgehead atoms. The predicted octanol–water partition coefficient (Wildman–Crippen LogP) is 2.21. The van der Waals surface area contributed by atoms with Gasteiger partial charge in [0.2, 0.25) is 0 Å². The molecule has 2 amide bonds. The first-order chi connectivity index (χ1) is 6.24. The molecular formula is C10H22N2O. The van der Waals surface area contributed by atoms with Crippen molar-refractivity contribution in [1.29, 1.82) is 0 Å². The Balaban J connectivity index is 0.000000671. The maximum Gasteiger partial charge on any atom is 0.314 e. The summed E-state index contributed by atoms with van der Waals surface area (Å²) in [5.74, 6) is 0.701. The van der Waals surface area contributed by atoms with E-state index in [4.69, 9.17) is 5.73 Å². The highest BCUT2D eigenvalue weighted by atomic mass is 16.2. The van der Waals surface area contributed by atoms with Crippen LogP contribution in [0.2, 0.25) is 0 Å². The molecular weight excluding hydrogens is 164 g/mol. The maximum absolute atomic E-state index is 10.7. The first kappa shape index (κ1) is 12.3. The van der Waals surface area contributed by atoms with Gasteiger partial charge in [-0.25, -0.2) is 4.79 Å². The highest BCUT2D eigenvalue weighted by Gasteiger charge is 2.23. The van der Waals surface area contributed by atoms with Crippen LogP contribution in [0.4, 0.5) is 4.79 Å². The van der Waals surface area contributed by atoms with Crippen LogP contribution in [0, 0.1) is 5.92 Å². The fourth-order valence-electron chi connectivity index (χ4n) is 1.68. The van der Waals surface area contributed by atoms with E-state index >= 15 is 0 Å². The van der Waals surface area contributed by atoms with Gasteiger partial charge in [0, 0.05) is 13.1 Å². The van der Waals surface area contributed by atoms with Gasteiger partial charge in [0.15, 0.2) is 0 Å². The lowest BCUT2D eigenvalue weighted by atomic mass is 10.0. The highest BCUT2D eigenvalue weighted by Crippen LogP contribution is 2.19. The van der Waals surface area contributed by atoms with Crippen molar-refractivity contribution in [2.45, 2.75) is 40.0 Å². The minimum absolute atomic E-state index is 0.261. The summed E-state index contributed by atoms with van der Waals surface area (Å²) in [6.45, 7) is 7.91. The van der Waals surface area contributed by atoms with Gasteiger partial charge in [0.1, 0.15) is 0 Å². The van der Waals surface area contributed by atoms with Crippen molar-refractivity contribution in [2.24, 2.45) is 11.7 Å². The second-order valence-electron chi connectivity index (χ2n) is 3.23. The van der Waals surface area contributed by atoms with E-state index in [1.54, 1.807) is 4.90 Å². The Morgan fingerprint density at radius 3 is 2.54 bits per heavy atom. The SMILES string of the molecule is CC.CCCC1CCN(C(N)=O)C1. The van der Waals surface area contributed by atoms with Crippen LogP contribution in [0.25, 0.3) is 0 Å². The molecule has 0 saturated carbocycles. The summed E-state index contributed by atoms with van der Waals surface area (Å²) in [5.41, 5.74) is 5.14. The van der Waals surface area contributed by atoms with Crippen LogP contribution in [-0.2, 0) is 0 Å². The third kappa shape index (κ3) is 4.15. The molecule has 0 spiro atoms. The minimum atomic E-state index is -0.261. The lowest BCUT2D eigenvalue weighted by Crippen LogP contribution is -2.33. The van der Waals surface area contributed by atoms with E-state index in [9.17, 15) is 4.79 Å². The zero-order valence-corrected chi connectivity index (χ0v) is 9.05. The zero-order chi connectivity index (χ0) is 10.3. The minimum Gasteiger partial charge on any atom is -0.351 e. The highest BCUT2D eigenvalue weighted by molar-refractivity contribution is 5.72. The second-order valence-corrected chi connectivity index (χ2v) is 3.23. The number of nitrogens with zero attached hydrogens (tertiary/aromatic N) is 1. The molecule has 3 heteroatoms. The molecule has 0 radical (unpaired) electrons. The van der Waals surface area contributed by atoms with Crippen molar-refractivity contribution in [2.75, 3.05) is 13.1 Å². The second kappa shape index (κ2) is 6.75. The van der Waals surface area contributed by atoms with Gasteiger partial charge in [-0.05, 0) is 18.8 Å². The molecule has 1 heterocycles. The largest absolute Gasteiger partial charge is 0.351 e. The van der Waals surface area contributed by atoms with E-state index in [1.807, 2.05) is 13.8 Å². The summed E-state index contributed by atoms with van der Waals surface area (Å²) >= 11 is 0. The number of primary amides is 1. The first-order valence-corrected chi connectivity index (χ1v) is 5.28. The van der Waals surface area contributed by atoms with Gasteiger partial charge in [-0.15, -0.1) is 0 Å². The lowest BCUT2D eigenvalue weighted by molar-refractivity contribution is 0.216. The molecule has 0 aromatic heterocycles. The van der Waals surface area contributed by atoms with Gasteiger partial charge in [0.25, 0.3) is 0 Å². The molecule has 2 N–H and O–H groups in total. The van der Waals surface area contributed by atoms with Gasteiger partial charge < -0.3 is 10.6 Å². The van der Waals surface area contributed by atoms with Crippen LogP contribution in [0.3, 0.4) is 0 Å². The maximum atomic E-state index is 10.7. The topological polar surface area (TPSA) is 46.3 Å². The molecule has 0 aromatic carbocycles. The Hall–Kier alpha value is -0.730. The van der Waals surface area contributed by atoms with Crippen molar-refractivity contribution in [3.8, 4) is 0 Å².